The van der Waals surface area contributed by atoms with Crippen molar-refractivity contribution >= 4 is 39.4 Å². The number of carbonyl (C=O) groups excluding carboxylic acids is 2. The molecule has 0 bridgehead atoms. The van der Waals surface area contributed by atoms with Crippen molar-refractivity contribution in [2.45, 2.75) is 30.7 Å². The van der Waals surface area contributed by atoms with E-state index in [0.717, 1.165) is 22.0 Å². The highest BCUT2D eigenvalue weighted by molar-refractivity contribution is 9.10. The van der Waals surface area contributed by atoms with Gasteiger partial charge in [-0.2, -0.15) is 0 Å². The smallest absolute Gasteiger partial charge is 0.277 e. The topological polar surface area (TPSA) is 85.1 Å². The molecule has 0 aliphatic carbocycles. The van der Waals surface area contributed by atoms with Crippen LogP contribution in [0.2, 0.25) is 0 Å². The average Bonchev–Trinajstić information content (AvgIpc) is 3.16. The monoisotopic (exact) mass is 473 g/mol. The van der Waals surface area contributed by atoms with Gasteiger partial charge in [0, 0.05) is 23.5 Å². The van der Waals surface area contributed by atoms with Crippen LogP contribution in [0, 0.1) is 0 Å². The van der Waals surface area contributed by atoms with E-state index < -0.39 is 0 Å². The van der Waals surface area contributed by atoms with Crippen molar-refractivity contribution in [1.29, 1.82) is 0 Å². The van der Waals surface area contributed by atoms with E-state index in [-0.39, 0.29) is 16.9 Å². The minimum Gasteiger partial charge on any atom is -0.411 e. The zero-order chi connectivity index (χ0) is 20.8. The van der Waals surface area contributed by atoms with Crippen molar-refractivity contribution in [2.75, 3.05) is 6.54 Å². The van der Waals surface area contributed by atoms with Crippen LogP contribution in [0.25, 0.3) is 11.5 Å². The molecule has 1 N–H and O–H groups in total. The summed E-state index contributed by atoms with van der Waals surface area (Å²) in [5.74, 6) is 0.346. The molecule has 0 aliphatic rings. The minimum atomic E-state index is -0.368. The molecule has 0 saturated heterocycles. The normalized spacial score (nSPS) is 11.8. The van der Waals surface area contributed by atoms with Gasteiger partial charge in [0.2, 0.25) is 11.8 Å². The van der Waals surface area contributed by atoms with Gasteiger partial charge in [-0.25, -0.2) is 0 Å². The highest BCUT2D eigenvalue weighted by Gasteiger charge is 2.20. The summed E-state index contributed by atoms with van der Waals surface area (Å²) in [6, 6.07) is 15.0. The van der Waals surface area contributed by atoms with E-state index in [1.165, 1.54) is 18.7 Å². The summed E-state index contributed by atoms with van der Waals surface area (Å²) in [6.45, 7) is 3.89. The van der Waals surface area contributed by atoms with Gasteiger partial charge < -0.3 is 9.73 Å². The molecule has 0 radical (unpaired) electrons. The Bertz CT molecular complexity index is 1000. The molecule has 2 aromatic carbocycles. The second-order valence-electron chi connectivity index (χ2n) is 6.41. The Balaban J connectivity index is 1.61. The molecule has 0 saturated carbocycles. The van der Waals surface area contributed by atoms with Crippen LogP contribution in [-0.4, -0.2) is 33.7 Å². The van der Waals surface area contributed by atoms with Crippen LogP contribution < -0.4 is 5.32 Å². The summed E-state index contributed by atoms with van der Waals surface area (Å²) >= 11 is 4.70. The summed E-state index contributed by atoms with van der Waals surface area (Å²) < 4.78 is 6.58. The van der Waals surface area contributed by atoms with E-state index >= 15 is 0 Å². The number of aromatic nitrogens is 2. The van der Waals surface area contributed by atoms with E-state index in [4.69, 9.17) is 4.42 Å². The number of hydrogen-bond acceptors (Lipinski definition) is 6. The number of rotatable bonds is 8. The van der Waals surface area contributed by atoms with Gasteiger partial charge in [-0.1, -0.05) is 48.2 Å². The number of thioether (sulfide) groups is 1. The van der Waals surface area contributed by atoms with E-state index in [1.807, 2.05) is 55.5 Å². The van der Waals surface area contributed by atoms with Gasteiger partial charge in [0.1, 0.15) is 0 Å². The number of Topliss-reactive ketones (excluding diaryl/α,β-unsaturated/α-hetero) is 1. The fraction of sp³-hybridized carbons (Fsp3) is 0.238. The number of carbonyl (C=O) groups is 2. The van der Waals surface area contributed by atoms with E-state index in [9.17, 15) is 9.59 Å². The van der Waals surface area contributed by atoms with Gasteiger partial charge in [0.05, 0.1) is 10.8 Å². The predicted octanol–water partition coefficient (Wildman–Crippen LogP) is 4.54. The number of amides is 1. The zero-order valence-electron chi connectivity index (χ0n) is 16.0. The van der Waals surface area contributed by atoms with Crippen molar-refractivity contribution in [3.8, 4) is 11.5 Å². The number of nitrogens with zero attached hydrogens (tertiary/aromatic N) is 2. The highest BCUT2D eigenvalue weighted by Crippen LogP contribution is 2.31. The number of hydrogen-bond donors (Lipinski definition) is 1. The molecule has 8 heteroatoms. The van der Waals surface area contributed by atoms with E-state index in [0.29, 0.717) is 23.2 Å². The van der Waals surface area contributed by atoms with Crippen LogP contribution >= 0.6 is 27.7 Å². The van der Waals surface area contributed by atoms with Crippen molar-refractivity contribution in [2.24, 2.45) is 0 Å². The molecule has 0 spiro atoms. The third-order valence-corrected chi connectivity index (χ3v) is 5.81. The van der Waals surface area contributed by atoms with Crippen LogP contribution in [0.15, 0.2) is 62.6 Å². The van der Waals surface area contributed by atoms with Crippen molar-refractivity contribution in [3.05, 3.63) is 64.1 Å². The zero-order valence-corrected chi connectivity index (χ0v) is 18.4. The summed E-state index contributed by atoms with van der Waals surface area (Å²) in [7, 11) is 0. The predicted molar refractivity (Wildman–Crippen MR) is 116 cm³/mol. The Kier molecular flexibility index (Phi) is 7.22. The molecule has 3 aromatic rings. The Labute approximate surface area is 181 Å². The van der Waals surface area contributed by atoms with Crippen LogP contribution in [0.5, 0.6) is 0 Å². The fourth-order valence-electron chi connectivity index (χ4n) is 2.66. The molecule has 3 rings (SSSR count). The lowest BCUT2D eigenvalue weighted by Crippen LogP contribution is -2.22. The number of nitrogens with one attached hydrogen (secondary N) is 1. The molecule has 0 aliphatic heterocycles. The minimum absolute atomic E-state index is 0.0101. The van der Waals surface area contributed by atoms with Crippen molar-refractivity contribution in [3.63, 3.8) is 0 Å². The maximum absolute atomic E-state index is 12.7. The van der Waals surface area contributed by atoms with E-state index in [2.05, 4.69) is 31.4 Å². The molecule has 0 fully saturated rings. The first-order valence-corrected chi connectivity index (χ1v) is 10.7. The molecular formula is C21H20BrN3O3S. The molecule has 1 heterocycles. The maximum atomic E-state index is 12.7. The second-order valence-corrected chi connectivity index (χ2v) is 8.55. The standard InChI is InChI=1S/C21H20BrN3O3S/c1-13(19(27)16-9-7-15(8-10-16)11-12-23-14(2)26)29-21-25-24-20(28-21)17-5-3-4-6-18(17)22/h3-10,13H,11-12H2,1-2H3,(H,23,26). The lowest BCUT2D eigenvalue weighted by Gasteiger charge is -2.08. The van der Waals surface area contributed by atoms with Gasteiger partial charge in [-0.15, -0.1) is 10.2 Å². The third kappa shape index (κ3) is 5.77. The molecule has 1 amide bonds. The van der Waals surface area contributed by atoms with Crippen LogP contribution in [0.3, 0.4) is 0 Å². The second kappa shape index (κ2) is 9.84. The summed E-state index contributed by atoms with van der Waals surface area (Å²) in [4.78, 5) is 23.6. The lowest BCUT2D eigenvalue weighted by atomic mass is 10.0. The summed E-state index contributed by atoms with van der Waals surface area (Å²) in [5, 5.41) is 10.9. The van der Waals surface area contributed by atoms with Gasteiger partial charge >= 0.3 is 0 Å². The SMILES string of the molecule is CC(=O)NCCc1ccc(C(=O)C(C)Sc2nnc(-c3ccccc3Br)o2)cc1. The molecule has 1 atom stereocenters. The van der Waals surface area contributed by atoms with E-state index in [1.54, 1.807) is 0 Å². The van der Waals surface area contributed by atoms with Gasteiger partial charge in [-0.05, 0) is 47.0 Å². The fourth-order valence-corrected chi connectivity index (χ4v) is 3.87. The molecule has 6 nitrogen and oxygen atoms in total. The Hall–Kier alpha value is -2.45. The molecule has 1 unspecified atom stereocenters. The quantitative estimate of drug-likeness (QED) is 0.381. The number of ketones is 1. The first kappa shape index (κ1) is 21.3. The molecular weight excluding hydrogens is 454 g/mol. The average molecular weight is 474 g/mol. The number of halogens is 1. The van der Waals surface area contributed by atoms with Gasteiger partial charge in [0.25, 0.3) is 5.22 Å². The van der Waals surface area contributed by atoms with Crippen molar-refractivity contribution in [1.82, 2.24) is 15.5 Å². The first-order chi connectivity index (χ1) is 13.9. The van der Waals surface area contributed by atoms with Crippen LogP contribution in [0.1, 0.15) is 29.8 Å². The Morgan fingerprint density at radius 3 is 2.55 bits per heavy atom. The number of benzene rings is 2. The maximum Gasteiger partial charge on any atom is 0.277 e. The van der Waals surface area contributed by atoms with Crippen LogP contribution in [0.4, 0.5) is 0 Å². The highest BCUT2D eigenvalue weighted by atomic mass is 79.9. The molecule has 29 heavy (non-hydrogen) atoms. The van der Waals surface area contributed by atoms with Gasteiger partial charge in [0.15, 0.2) is 5.78 Å². The summed E-state index contributed by atoms with van der Waals surface area (Å²) in [5.41, 5.74) is 2.49. The molecule has 150 valence electrons. The van der Waals surface area contributed by atoms with Crippen LogP contribution in [-0.2, 0) is 11.2 Å². The lowest BCUT2D eigenvalue weighted by molar-refractivity contribution is -0.118. The van der Waals surface area contributed by atoms with Gasteiger partial charge in [-0.3, -0.25) is 9.59 Å². The Morgan fingerprint density at radius 1 is 1.14 bits per heavy atom. The van der Waals surface area contributed by atoms with Crippen molar-refractivity contribution < 1.29 is 14.0 Å². The Morgan fingerprint density at radius 2 is 1.86 bits per heavy atom. The largest absolute Gasteiger partial charge is 0.411 e. The third-order valence-electron chi connectivity index (χ3n) is 4.18. The summed E-state index contributed by atoms with van der Waals surface area (Å²) in [6.07, 6.45) is 0.720. The first-order valence-electron chi connectivity index (χ1n) is 9.06. The molecule has 1 aromatic heterocycles.